The van der Waals surface area contributed by atoms with E-state index < -0.39 is 28.5 Å². The fraction of sp³-hybridized carbons (Fsp3) is 0.257. The van der Waals surface area contributed by atoms with Crippen LogP contribution in [0.25, 0.3) is 0 Å². The van der Waals surface area contributed by atoms with Crippen molar-refractivity contribution in [2.45, 2.75) is 55.6 Å². The third-order valence-electron chi connectivity index (χ3n) is 7.89. The second kappa shape index (κ2) is 14.6. The minimum Gasteiger partial charge on any atom is -0.352 e. The van der Waals surface area contributed by atoms with Crippen LogP contribution >= 0.6 is 11.6 Å². The monoisotopic (exact) mass is 629 g/mol. The average Bonchev–Trinajstić information content (AvgIpc) is 3.56. The summed E-state index contributed by atoms with van der Waals surface area (Å²) in [6.07, 6.45) is 4.18. The van der Waals surface area contributed by atoms with E-state index in [1.807, 2.05) is 60.7 Å². The van der Waals surface area contributed by atoms with Crippen LogP contribution in [0.15, 0.2) is 120 Å². The molecule has 2 amide bonds. The van der Waals surface area contributed by atoms with Crippen LogP contribution in [0, 0.1) is 0 Å². The molecule has 9 heteroatoms. The first kappa shape index (κ1) is 31.3. The van der Waals surface area contributed by atoms with E-state index in [9.17, 15) is 18.0 Å². The summed E-state index contributed by atoms with van der Waals surface area (Å²) in [7, 11) is -4.15. The SMILES string of the molecule is O=C(NC1CCCC1)[C@@H](Cc1ccccc1)N(Cc1ccccc1)C(=O)CN(c1ccc(Cl)cc1)S(=O)(=O)c1ccccc1. The zero-order chi connectivity index (χ0) is 30.9. The van der Waals surface area contributed by atoms with E-state index in [-0.39, 0.29) is 29.8 Å². The van der Waals surface area contributed by atoms with Crippen LogP contribution in [-0.4, -0.2) is 43.8 Å². The maximum Gasteiger partial charge on any atom is 0.264 e. The lowest BCUT2D eigenvalue weighted by atomic mass is 10.0. The molecule has 0 radical (unpaired) electrons. The van der Waals surface area contributed by atoms with Crippen LogP contribution in [0.3, 0.4) is 0 Å². The number of anilines is 1. The number of benzene rings is 4. The van der Waals surface area contributed by atoms with E-state index in [0.717, 1.165) is 41.1 Å². The first-order valence-corrected chi connectivity index (χ1v) is 16.6. The fourth-order valence-corrected chi connectivity index (χ4v) is 7.12. The van der Waals surface area contributed by atoms with Crippen molar-refractivity contribution in [3.63, 3.8) is 0 Å². The molecule has 44 heavy (non-hydrogen) atoms. The predicted octanol–water partition coefficient (Wildman–Crippen LogP) is 6.23. The normalized spacial score (nSPS) is 14.1. The number of carbonyl (C=O) groups is 2. The van der Waals surface area contributed by atoms with Crippen LogP contribution in [-0.2, 0) is 32.6 Å². The van der Waals surface area contributed by atoms with Crippen molar-refractivity contribution in [3.05, 3.63) is 131 Å². The molecule has 0 bridgehead atoms. The van der Waals surface area contributed by atoms with Crippen molar-refractivity contribution in [3.8, 4) is 0 Å². The number of rotatable bonds is 12. The Balaban J connectivity index is 1.54. The smallest absolute Gasteiger partial charge is 0.264 e. The minimum absolute atomic E-state index is 0.0529. The maximum absolute atomic E-state index is 14.5. The summed E-state index contributed by atoms with van der Waals surface area (Å²) < 4.78 is 29.1. The number of hydrogen-bond acceptors (Lipinski definition) is 4. The van der Waals surface area contributed by atoms with Gasteiger partial charge in [-0.15, -0.1) is 0 Å². The number of nitrogens with zero attached hydrogens (tertiary/aromatic N) is 2. The molecule has 1 aliphatic rings. The number of halogens is 1. The molecule has 1 N–H and O–H groups in total. The molecule has 228 valence electrons. The molecular formula is C35H36ClN3O4S. The van der Waals surface area contributed by atoms with Gasteiger partial charge in [0.05, 0.1) is 10.6 Å². The van der Waals surface area contributed by atoms with E-state index in [0.29, 0.717) is 10.7 Å². The second-order valence-electron chi connectivity index (χ2n) is 11.0. The first-order chi connectivity index (χ1) is 21.3. The average molecular weight is 630 g/mol. The Bertz CT molecular complexity index is 1630. The number of sulfonamides is 1. The molecule has 0 heterocycles. The van der Waals surface area contributed by atoms with Crippen LogP contribution < -0.4 is 9.62 Å². The van der Waals surface area contributed by atoms with E-state index in [2.05, 4.69) is 5.32 Å². The zero-order valence-corrected chi connectivity index (χ0v) is 26.0. The Labute approximate surface area is 264 Å². The van der Waals surface area contributed by atoms with Gasteiger partial charge < -0.3 is 10.2 Å². The van der Waals surface area contributed by atoms with E-state index in [1.54, 1.807) is 42.5 Å². The first-order valence-electron chi connectivity index (χ1n) is 14.8. The zero-order valence-electron chi connectivity index (χ0n) is 24.4. The Morgan fingerprint density at radius 1 is 0.773 bits per heavy atom. The highest BCUT2D eigenvalue weighted by Gasteiger charge is 2.35. The van der Waals surface area contributed by atoms with Gasteiger partial charge in [0.1, 0.15) is 12.6 Å². The van der Waals surface area contributed by atoms with Crippen molar-refractivity contribution < 1.29 is 18.0 Å². The van der Waals surface area contributed by atoms with Gasteiger partial charge in [0.25, 0.3) is 10.0 Å². The topological polar surface area (TPSA) is 86.8 Å². The Hall–Kier alpha value is -4.14. The highest BCUT2D eigenvalue weighted by molar-refractivity contribution is 7.92. The molecule has 4 aromatic rings. The van der Waals surface area contributed by atoms with Crippen LogP contribution in [0.4, 0.5) is 5.69 Å². The van der Waals surface area contributed by atoms with Gasteiger partial charge in [-0.2, -0.15) is 0 Å². The standard InChI is InChI=1S/C35H36ClN3O4S/c36-29-20-22-31(23-21-29)39(44(42,43)32-18-8-3-9-19-32)26-34(40)38(25-28-14-6-2-7-15-28)33(24-27-12-4-1-5-13-27)35(41)37-30-16-10-11-17-30/h1-9,12-15,18-23,30,33H,10-11,16-17,24-26H2,(H,37,41)/t33-/m1/s1. The number of hydrogen-bond donors (Lipinski definition) is 1. The van der Waals surface area contributed by atoms with Gasteiger partial charge in [-0.1, -0.05) is 103 Å². The molecule has 7 nitrogen and oxygen atoms in total. The number of carbonyl (C=O) groups excluding carboxylic acids is 2. The molecule has 0 unspecified atom stereocenters. The summed E-state index contributed by atoms with van der Waals surface area (Å²) in [5, 5.41) is 3.63. The lowest BCUT2D eigenvalue weighted by Gasteiger charge is -2.34. The van der Waals surface area contributed by atoms with Crippen molar-refractivity contribution >= 4 is 39.1 Å². The summed E-state index contributed by atoms with van der Waals surface area (Å²) in [6, 6.07) is 32.5. The second-order valence-corrected chi connectivity index (χ2v) is 13.3. The van der Waals surface area contributed by atoms with Gasteiger partial charge in [-0.25, -0.2) is 8.42 Å². The predicted molar refractivity (Wildman–Crippen MR) is 174 cm³/mol. The third kappa shape index (κ3) is 7.87. The molecule has 4 aromatic carbocycles. The Kier molecular flexibility index (Phi) is 10.4. The third-order valence-corrected chi connectivity index (χ3v) is 9.93. The largest absolute Gasteiger partial charge is 0.352 e. The van der Waals surface area contributed by atoms with Crippen LogP contribution in [0.2, 0.25) is 5.02 Å². The summed E-state index contributed by atoms with van der Waals surface area (Å²) >= 11 is 6.13. The van der Waals surface area contributed by atoms with Gasteiger partial charge in [-0.3, -0.25) is 13.9 Å². The van der Waals surface area contributed by atoms with Gasteiger partial charge in [0.2, 0.25) is 11.8 Å². The summed E-state index contributed by atoms with van der Waals surface area (Å²) in [4.78, 5) is 30.0. The van der Waals surface area contributed by atoms with Gasteiger partial charge in [-0.05, 0) is 60.4 Å². The van der Waals surface area contributed by atoms with Crippen molar-refractivity contribution in [1.29, 1.82) is 0 Å². The molecule has 0 saturated heterocycles. The molecule has 1 aliphatic carbocycles. The van der Waals surface area contributed by atoms with Crippen molar-refractivity contribution in [2.75, 3.05) is 10.8 Å². The molecule has 1 saturated carbocycles. The van der Waals surface area contributed by atoms with Crippen molar-refractivity contribution in [2.24, 2.45) is 0 Å². The van der Waals surface area contributed by atoms with Gasteiger partial charge in [0.15, 0.2) is 0 Å². The Morgan fingerprint density at radius 3 is 1.91 bits per heavy atom. The summed E-state index contributed by atoms with van der Waals surface area (Å²) in [5.74, 6) is -0.736. The highest BCUT2D eigenvalue weighted by atomic mass is 35.5. The summed E-state index contributed by atoms with van der Waals surface area (Å²) in [6.45, 7) is -0.372. The summed E-state index contributed by atoms with van der Waals surface area (Å²) in [5.41, 5.74) is 2.02. The molecule has 0 spiro atoms. The van der Waals surface area contributed by atoms with Gasteiger partial charge in [0, 0.05) is 24.0 Å². The maximum atomic E-state index is 14.5. The Morgan fingerprint density at radius 2 is 1.32 bits per heavy atom. The molecule has 5 rings (SSSR count). The van der Waals surface area contributed by atoms with Gasteiger partial charge >= 0.3 is 0 Å². The fourth-order valence-electron chi connectivity index (χ4n) is 5.56. The quantitative estimate of drug-likeness (QED) is 0.201. The van der Waals surface area contributed by atoms with Crippen LogP contribution in [0.1, 0.15) is 36.8 Å². The molecule has 0 aromatic heterocycles. The highest BCUT2D eigenvalue weighted by Crippen LogP contribution is 2.27. The van der Waals surface area contributed by atoms with Crippen molar-refractivity contribution in [1.82, 2.24) is 10.2 Å². The molecular weight excluding hydrogens is 594 g/mol. The minimum atomic E-state index is -4.15. The number of amides is 2. The van der Waals surface area contributed by atoms with E-state index in [4.69, 9.17) is 11.6 Å². The molecule has 0 aliphatic heterocycles. The molecule has 1 fully saturated rings. The molecule has 1 atom stereocenters. The number of nitrogens with one attached hydrogen (secondary N) is 1. The van der Waals surface area contributed by atoms with Crippen LogP contribution in [0.5, 0.6) is 0 Å². The van der Waals surface area contributed by atoms with E-state index in [1.165, 1.54) is 17.0 Å². The lowest BCUT2D eigenvalue weighted by molar-refractivity contribution is -0.140. The lowest BCUT2D eigenvalue weighted by Crippen LogP contribution is -2.54. The van der Waals surface area contributed by atoms with E-state index >= 15 is 0 Å².